The molecule has 5 nitrogen and oxygen atoms in total. The summed E-state index contributed by atoms with van der Waals surface area (Å²) in [5.74, 6) is -0.470. The highest BCUT2D eigenvalue weighted by Gasteiger charge is 2.16. The lowest BCUT2D eigenvalue weighted by atomic mass is 10.1. The minimum absolute atomic E-state index is 0.0166. The Bertz CT molecular complexity index is 443. The molecule has 0 aliphatic rings. The van der Waals surface area contributed by atoms with E-state index in [0.717, 1.165) is 5.56 Å². The summed E-state index contributed by atoms with van der Waals surface area (Å²) in [6, 6.07) is 5.25. The lowest BCUT2D eigenvalue weighted by Crippen LogP contribution is -2.37. The number of hydrogen-bond donors (Lipinski definition) is 2. The average Bonchev–Trinajstić information content (AvgIpc) is 2.31. The summed E-state index contributed by atoms with van der Waals surface area (Å²) in [4.78, 5) is 24.5. The summed E-state index contributed by atoms with van der Waals surface area (Å²) in [6.07, 6.45) is 0. The molecule has 0 heterocycles. The van der Waals surface area contributed by atoms with Crippen molar-refractivity contribution in [1.29, 1.82) is 0 Å². The minimum atomic E-state index is -0.255. The molecule has 1 aromatic rings. The molecule has 0 aliphatic carbocycles. The predicted molar refractivity (Wildman–Crippen MR) is 66.6 cm³/mol. The second-order valence-electron chi connectivity index (χ2n) is 3.93. The number of carbonyl (C=O) groups is 2. The molecule has 92 valence electrons. The van der Waals surface area contributed by atoms with Crippen LogP contribution in [0.4, 0.5) is 5.69 Å². The number of aryl methyl sites for hydroxylation is 1. The van der Waals surface area contributed by atoms with E-state index in [4.69, 9.17) is 5.73 Å². The van der Waals surface area contributed by atoms with Crippen LogP contribution < -0.4 is 11.1 Å². The molecule has 0 aromatic heterocycles. The Balaban J connectivity index is 2.88. The molecule has 0 radical (unpaired) electrons. The van der Waals surface area contributed by atoms with Crippen LogP contribution in [0, 0.1) is 6.92 Å². The van der Waals surface area contributed by atoms with Crippen molar-refractivity contribution in [2.45, 2.75) is 6.92 Å². The first-order chi connectivity index (χ1) is 7.95. The number of likely N-dealkylation sites (N-methyl/N-ethyl adjacent to an activating group) is 2. The first kappa shape index (κ1) is 13.0. The SMILES string of the molecule is CNC(=O)CN(C)C(=O)c1cc(C)ccc1N. The van der Waals surface area contributed by atoms with Crippen molar-refractivity contribution in [3.8, 4) is 0 Å². The van der Waals surface area contributed by atoms with E-state index >= 15 is 0 Å². The van der Waals surface area contributed by atoms with Crippen molar-refractivity contribution in [3.63, 3.8) is 0 Å². The number of amides is 2. The van der Waals surface area contributed by atoms with Gasteiger partial charge in [0.1, 0.15) is 0 Å². The molecule has 0 aliphatic heterocycles. The molecule has 1 aromatic carbocycles. The Morgan fingerprint density at radius 3 is 2.65 bits per heavy atom. The molecule has 5 heteroatoms. The Hall–Kier alpha value is -2.04. The van der Waals surface area contributed by atoms with Gasteiger partial charge in [-0.1, -0.05) is 11.6 Å². The summed E-state index contributed by atoms with van der Waals surface area (Å²) in [5, 5.41) is 2.46. The summed E-state index contributed by atoms with van der Waals surface area (Å²) in [5.41, 5.74) is 7.55. The van der Waals surface area contributed by atoms with E-state index in [2.05, 4.69) is 5.32 Å². The zero-order valence-electron chi connectivity index (χ0n) is 10.3. The van der Waals surface area contributed by atoms with Crippen molar-refractivity contribution in [1.82, 2.24) is 10.2 Å². The molecule has 0 fully saturated rings. The van der Waals surface area contributed by atoms with Crippen LogP contribution in [0.2, 0.25) is 0 Å². The van der Waals surface area contributed by atoms with E-state index in [-0.39, 0.29) is 18.4 Å². The molecule has 1 rings (SSSR count). The van der Waals surface area contributed by atoms with Gasteiger partial charge in [-0.3, -0.25) is 9.59 Å². The molecule has 3 N–H and O–H groups in total. The molecule has 0 atom stereocenters. The number of nitrogens with one attached hydrogen (secondary N) is 1. The van der Waals surface area contributed by atoms with Gasteiger partial charge in [-0.25, -0.2) is 0 Å². The van der Waals surface area contributed by atoms with Gasteiger partial charge in [-0.05, 0) is 19.1 Å². The van der Waals surface area contributed by atoms with Gasteiger partial charge in [0.25, 0.3) is 5.91 Å². The third-order valence-corrected chi connectivity index (χ3v) is 2.45. The molecular weight excluding hydrogens is 218 g/mol. The van der Waals surface area contributed by atoms with Crippen LogP contribution in [0.15, 0.2) is 18.2 Å². The molecule has 0 spiro atoms. The molecule has 0 saturated carbocycles. The van der Waals surface area contributed by atoms with Gasteiger partial charge in [-0.2, -0.15) is 0 Å². The second-order valence-corrected chi connectivity index (χ2v) is 3.93. The standard InChI is InChI=1S/C12H17N3O2/c1-8-4-5-10(13)9(6-8)12(17)15(3)7-11(16)14-2/h4-6H,7,13H2,1-3H3,(H,14,16). The number of nitrogens with zero attached hydrogens (tertiary/aromatic N) is 1. The van der Waals surface area contributed by atoms with Crippen LogP contribution in [-0.4, -0.2) is 37.4 Å². The number of carbonyl (C=O) groups excluding carboxylic acids is 2. The smallest absolute Gasteiger partial charge is 0.256 e. The fourth-order valence-corrected chi connectivity index (χ4v) is 1.43. The van der Waals surface area contributed by atoms with Gasteiger partial charge in [-0.15, -0.1) is 0 Å². The fourth-order valence-electron chi connectivity index (χ4n) is 1.43. The number of rotatable bonds is 3. The van der Waals surface area contributed by atoms with Crippen molar-refractivity contribution in [3.05, 3.63) is 29.3 Å². The van der Waals surface area contributed by atoms with Gasteiger partial charge in [0.05, 0.1) is 12.1 Å². The summed E-state index contributed by atoms with van der Waals surface area (Å²) in [6.45, 7) is 1.90. The number of nitrogens with two attached hydrogens (primary N) is 1. The van der Waals surface area contributed by atoms with Crippen LogP contribution in [0.1, 0.15) is 15.9 Å². The zero-order chi connectivity index (χ0) is 13.0. The fraction of sp³-hybridized carbons (Fsp3) is 0.333. The Kier molecular flexibility index (Phi) is 4.09. The second kappa shape index (κ2) is 5.34. The number of benzene rings is 1. The lowest BCUT2D eigenvalue weighted by Gasteiger charge is -2.17. The van der Waals surface area contributed by atoms with Gasteiger partial charge in [0.15, 0.2) is 0 Å². The highest BCUT2D eigenvalue weighted by molar-refractivity contribution is 6.00. The third-order valence-electron chi connectivity index (χ3n) is 2.45. The topological polar surface area (TPSA) is 75.4 Å². The zero-order valence-corrected chi connectivity index (χ0v) is 10.3. The number of hydrogen-bond acceptors (Lipinski definition) is 3. The lowest BCUT2D eigenvalue weighted by molar-refractivity contribution is -0.121. The van der Waals surface area contributed by atoms with Crippen LogP contribution in [0.3, 0.4) is 0 Å². The van der Waals surface area contributed by atoms with Gasteiger partial charge in [0.2, 0.25) is 5.91 Å². The van der Waals surface area contributed by atoms with Gasteiger partial charge >= 0.3 is 0 Å². The van der Waals surface area contributed by atoms with Crippen LogP contribution in [0.25, 0.3) is 0 Å². The highest BCUT2D eigenvalue weighted by atomic mass is 16.2. The molecule has 0 saturated heterocycles. The van der Waals surface area contributed by atoms with E-state index in [9.17, 15) is 9.59 Å². The van der Waals surface area contributed by atoms with Crippen molar-refractivity contribution < 1.29 is 9.59 Å². The molecule has 0 bridgehead atoms. The summed E-state index contributed by atoms with van der Waals surface area (Å²) >= 11 is 0. The summed E-state index contributed by atoms with van der Waals surface area (Å²) < 4.78 is 0. The maximum atomic E-state index is 12.0. The Morgan fingerprint density at radius 1 is 1.41 bits per heavy atom. The van der Waals surface area contributed by atoms with E-state index in [1.54, 1.807) is 19.2 Å². The van der Waals surface area contributed by atoms with Crippen molar-refractivity contribution >= 4 is 17.5 Å². The average molecular weight is 235 g/mol. The van der Waals surface area contributed by atoms with E-state index in [1.807, 2.05) is 13.0 Å². The Labute approximate surface area is 101 Å². The molecule has 2 amide bonds. The minimum Gasteiger partial charge on any atom is -0.398 e. The largest absolute Gasteiger partial charge is 0.398 e. The van der Waals surface area contributed by atoms with Crippen molar-refractivity contribution in [2.75, 3.05) is 26.4 Å². The highest BCUT2D eigenvalue weighted by Crippen LogP contribution is 2.15. The number of nitrogen functional groups attached to an aromatic ring is 1. The van der Waals surface area contributed by atoms with Crippen molar-refractivity contribution in [2.24, 2.45) is 0 Å². The predicted octanol–water partition coefficient (Wildman–Crippen LogP) is 0.395. The van der Waals surface area contributed by atoms with E-state index in [1.165, 1.54) is 11.9 Å². The first-order valence-electron chi connectivity index (χ1n) is 5.28. The Morgan fingerprint density at radius 2 is 2.06 bits per heavy atom. The molecular formula is C12H17N3O2. The summed E-state index contributed by atoms with van der Waals surface area (Å²) in [7, 11) is 3.10. The van der Waals surface area contributed by atoms with Crippen LogP contribution in [-0.2, 0) is 4.79 Å². The van der Waals surface area contributed by atoms with Gasteiger partial charge < -0.3 is 16.0 Å². The van der Waals surface area contributed by atoms with Crippen LogP contribution >= 0.6 is 0 Å². The maximum absolute atomic E-state index is 12.0. The first-order valence-corrected chi connectivity index (χ1v) is 5.28. The van der Waals surface area contributed by atoms with Crippen LogP contribution in [0.5, 0.6) is 0 Å². The molecule has 0 unspecified atom stereocenters. The third kappa shape index (κ3) is 3.21. The van der Waals surface area contributed by atoms with E-state index in [0.29, 0.717) is 11.3 Å². The normalized spacial score (nSPS) is 9.82. The van der Waals surface area contributed by atoms with E-state index < -0.39 is 0 Å². The quantitative estimate of drug-likeness (QED) is 0.744. The van der Waals surface area contributed by atoms with Gasteiger partial charge in [0, 0.05) is 19.8 Å². The molecule has 17 heavy (non-hydrogen) atoms. The monoisotopic (exact) mass is 235 g/mol. The maximum Gasteiger partial charge on any atom is 0.256 e. The number of anilines is 1.